The van der Waals surface area contributed by atoms with Gasteiger partial charge in [0.05, 0.1) is 12.6 Å². The van der Waals surface area contributed by atoms with Crippen molar-refractivity contribution in [2.24, 2.45) is 0 Å². The van der Waals surface area contributed by atoms with E-state index in [0.29, 0.717) is 17.1 Å². The Bertz CT molecular complexity index is 1180. The second kappa shape index (κ2) is 8.40. The van der Waals surface area contributed by atoms with E-state index in [9.17, 15) is 14.4 Å². The van der Waals surface area contributed by atoms with Crippen molar-refractivity contribution in [3.05, 3.63) is 52.4 Å². The van der Waals surface area contributed by atoms with Crippen molar-refractivity contribution in [2.45, 2.75) is 45.9 Å². The first kappa shape index (κ1) is 21.3. The molecule has 1 atom stereocenters. The van der Waals surface area contributed by atoms with E-state index in [0.717, 1.165) is 47.8 Å². The summed E-state index contributed by atoms with van der Waals surface area (Å²) >= 11 is 0. The van der Waals surface area contributed by atoms with Crippen LogP contribution in [0.25, 0.3) is 6.08 Å². The molecule has 9 nitrogen and oxygen atoms in total. The van der Waals surface area contributed by atoms with Gasteiger partial charge in [0.15, 0.2) is 11.5 Å². The largest absolute Gasteiger partial charge is 0.454 e. The lowest BCUT2D eigenvalue weighted by molar-refractivity contribution is -0.130. The third kappa shape index (κ3) is 4.00. The van der Waals surface area contributed by atoms with E-state index in [-0.39, 0.29) is 25.0 Å². The van der Waals surface area contributed by atoms with Crippen molar-refractivity contribution in [1.29, 1.82) is 0 Å². The van der Waals surface area contributed by atoms with Crippen LogP contribution in [0.15, 0.2) is 29.8 Å². The van der Waals surface area contributed by atoms with E-state index < -0.39 is 17.8 Å². The molecule has 0 bridgehead atoms. The molecule has 0 aliphatic carbocycles. The van der Waals surface area contributed by atoms with Crippen LogP contribution >= 0.6 is 0 Å². The molecule has 33 heavy (non-hydrogen) atoms. The number of hydrogen-bond donors (Lipinski definition) is 1. The number of nitrogens with zero attached hydrogens (tertiary/aromatic N) is 2. The van der Waals surface area contributed by atoms with Crippen molar-refractivity contribution in [3.8, 4) is 11.5 Å². The molecule has 0 spiro atoms. The SMILES string of the molecule is Cc1cc(/C=C2\C(=O)NC(=O)N(Cc3ccc4c(c3)OCO4)C2=O)c(C)n1C[C@H]1CCCO1. The van der Waals surface area contributed by atoms with Gasteiger partial charge >= 0.3 is 6.03 Å². The fourth-order valence-electron chi connectivity index (χ4n) is 4.46. The molecule has 5 rings (SSSR count). The molecule has 1 N–H and O–H groups in total. The van der Waals surface area contributed by atoms with E-state index in [4.69, 9.17) is 14.2 Å². The van der Waals surface area contributed by atoms with Crippen molar-refractivity contribution >= 4 is 23.9 Å². The summed E-state index contributed by atoms with van der Waals surface area (Å²) in [6.45, 7) is 5.59. The number of carbonyl (C=O) groups excluding carboxylic acids is 3. The Morgan fingerprint density at radius 2 is 1.94 bits per heavy atom. The number of hydrogen-bond acceptors (Lipinski definition) is 6. The van der Waals surface area contributed by atoms with Gasteiger partial charge in [-0.3, -0.25) is 19.8 Å². The summed E-state index contributed by atoms with van der Waals surface area (Å²) in [4.78, 5) is 39.2. The third-order valence-corrected chi connectivity index (χ3v) is 6.29. The van der Waals surface area contributed by atoms with E-state index in [2.05, 4.69) is 9.88 Å². The van der Waals surface area contributed by atoms with Crippen LogP contribution in [0.3, 0.4) is 0 Å². The van der Waals surface area contributed by atoms with Gasteiger partial charge < -0.3 is 18.8 Å². The second-order valence-corrected chi connectivity index (χ2v) is 8.47. The van der Waals surface area contributed by atoms with Gasteiger partial charge in [-0.25, -0.2) is 4.79 Å². The quantitative estimate of drug-likeness (QED) is 0.554. The summed E-state index contributed by atoms with van der Waals surface area (Å²) in [6.07, 6.45) is 3.81. The molecule has 2 fully saturated rings. The molecule has 3 aliphatic heterocycles. The van der Waals surface area contributed by atoms with Crippen LogP contribution in [0.1, 0.15) is 35.4 Å². The van der Waals surface area contributed by atoms with E-state index in [1.165, 1.54) is 0 Å². The Morgan fingerprint density at radius 1 is 1.12 bits per heavy atom. The number of ether oxygens (including phenoxy) is 3. The van der Waals surface area contributed by atoms with Crippen LogP contribution in [0.4, 0.5) is 4.79 Å². The highest BCUT2D eigenvalue weighted by molar-refractivity contribution is 6.31. The molecular weight excluding hydrogens is 426 g/mol. The van der Waals surface area contributed by atoms with Gasteiger partial charge in [-0.1, -0.05) is 6.07 Å². The summed E-state index contributed by atoms with van der Waals surface area (Å²) in [5, 5.41) is 2.28. The lowest BCUT2D eigenvalue weighted by atomic mass is 10.1. The van der Waals surface area contributed by atoms with Gasteiger partial charge in [-0.05, 0) is 62.1 Å². The van der Waals surface area contributed by atoms with Crippen LogP contribution < -0.4 is 14.8 Å². The first-order valence-corrected chi connectivity index (χ1v) is 11.0. The van der Waals surface area contributed by atoms with Crippen LogP contribution in [-0.2, 0) is 27.4 Å². The molecule has 1 aromatic heterocycles. The van der Waals surface area contributed by atoms with Crippen molar-refractivity contribution in [3.63, 3.8) is 0 Å². The molecule has 4 heterocycles. The lowest BCUT2D eigenvalue weighted by Gasteiger charge is -2.26. The zero-order valence-corrected chi connectivity index (χ0v) is 18.6. The Hall–Kier alpha value is -3.59. The zero-order valence-electron chi connectivity index (χ0n) is 18.6. The number of fused-ring (bicyclic) bond motifs is 1. The minimum atomic E-state index is -0.747. The monoisotopic (exact) mass is 451 g/mol. The maximum atomic E-state index is 13.2. The number of aryl methyl sites for hydroxylation is 1. The molecule has 4 amide bonds. The summed E-state index contributed by atoms with van der Waals surface area (Å²) in [5.41, 5.74) is 3.34. The minimum absolute atomic E-state index is 0.00394. The highest BCUT2D eigenvalue weighted by atomic mass is 16.7. The molecule has 172 valence electrons. The van der Waals surface area contributed by atoms with Gasteiger partial charge in [0.25, 0.3) is 11.8 Å². The molecule has 2 aromatic rings. The van der Waals surface area contributed by atoms with Crippen LogP contribution in [0.2, 0.25) is 0 Å². The zero-order chi connectivity index (χ0) is 23.1. The smallest absolute Gasteiger partial charge is 0.331 e. The molecule has 3 aliphatic rings. The molecule has 1 aromatic carbocycles. The number of rotatable bonds is 5. The molecule has 0 unspecified atom stereocenters. The number of benzene rings is 1. The topological polar surface area (TPSA) is 99.1 Å². The molecule has 0 saturated carbocycles. The molecular formula is C24H25N3O6. The predicted octanol–water partition coefficient (Wildman–Crippen LogP) is 2.67. The average Bonchev–Trinajstić information content (AvgIpc) is 3.52. The summed E-state index contributed by atoms with van der Waals surface area (Å²) in [6, 6.07) is 6.41. The molecule has 2 saturated heterocycles. The minimum Gasteiger partial charge on any atom is -0.454 e. The maximum absolute atomic E-state index is 13.2. The van der Waals surface area contributed by atoms with Crippen molar-refractivity contribution in [1.82, 2.24) is 14.8 Å². The number of barbiturate groups is 1. The Kier molecular flexibility index (Phi) is 5.41. The fourth-order valence-corrected chi connectivity index (χ4v) is 4.46. The highest BCUT2D eigenvalue weighted by Gasteiger charge is 2.36. The lowest BCUT2D eigenvalue weighted by Crippen LogP contribution is -2.53. The number of imide groups is 2. The summed E-state index contributed by atoms with van der Waals surface area (Å²) < 4.78 is 18.6. The standard InChI is InChI=1S/C24H25N3O6/c1-14-8-17(15(2)26(14)12-18-4-3-7-31-18)10-19-22(28)25-24(30)27(23(19)29)11-16-5-6-20-21(9-16)33-13-32-20/h5-6,8-10,18H,3-4,7,11-13H2,1-2H3,(H,25,28,30)/b19-10+/t18-/m1/s1. The Labute approximate surface area is 190 Å². The molecule has 0 radical (unpaired) electrons. The Morgan fingerprint density at radius 3 is 2.73 bits per heavy atom. The normalized spacial score (nSPS) is 21.3. The number of nitrogens with one attached hydrogen (secondary N) is 1. The number of aromatic nitrogens is 1. The first-order valence-electron chi connectivity index (χ1n) is 11.0. The summed E-state index contributed by atoms with van der Waals surface area (Å²) in [7, 11) is 0. The van der Waals surface area contributed by atoms with Gasteiger partial charge in [0, 0.05) is 24.5 Å². The average molecular weight is 451 g/mol. The highest BCUT2D eigenvalue weighted by Crippen LogP contribution is 2.33. The summed E-state index contributed by atoms with van der Waals surface area (Å²) in [5.74, 6) is -0.161. The van der Waals surface area contributed by atoms with E-state index >= 15 is 0 Å². The first-order chi connectivity index (χ1) is 15.9. The van der Waals surface area contributed by atoms with Crippen LogP contribution in [0.5, 0.6) is 11.5 Å². The third-order valence-electron chi connectivity index (χ3n) is 6.29. The predicted molar refractivity (Wildman–Crippen MR) is 118 cm³/mol. The number of urea groups is 1. The maximum Gasteiger partial charge on any atom is 0.331 e. The van der Waals surface area contributed by atoms with Gasteiger partial charge in [-0.2, -0.15) is 0 Å². The van der Waals surface area contributed by atoms with Crippen LogP contribution in [-0.4, -0.2) is 46.8 Å². The van der Waals surface area contributed by atoms with E-state index in [1.54, 1.807) is 24.3 Å². The molecule has 9 heteroatoms. The fraction of sp³-hybridized carbons (Fsp3) is 0.375. The van der Waals surface area contributed by atoms with Crippen molar-refractivity contribution in [2.75, 3.05) is 13.4 Å². The van der Waals surface area contributed by atoms with Gasteiger partial charge in [0.1, 0.15) is 5.57 Å². The van der Waals surface area contributed by atoms with Crippen LogP contribution in [0, 0.1) is 13.8 Å². The van der Waals surface area contributed by atoms with Gasteiger partial charge in [-0.15, -0.1) is 0 Å². The van der Waals surface area contributed by atoms with E-state index in [1.807, 2.05) is 19.9 Å². The number of amides is 4. The van der Waals surface area contributed by atoms with Crippen molar-refractivity contribution < 1.29 is 28.6 Å². The second-order valence-electron chi connectivity index (χ2n) is 8.47. The number of carbonyl (C=O) groups is 3. The Balaban J connectivity index is 1.40. The van der Waals surface area contributed by atoms with Gasteiger partial charge in [0.2, 0.25) is 6.79 Å².